The fourth-order valence-electron chi connectivity index (χ4n) is 4.53. The number of carbonyl (C=O) groups is 1. The third kappa shape index (κ3) is 6.71. The molecule has 0 saturated heterocycles. The zero-order chi connectivity index (χ0) is 31.5. The minimum absolute atomic E-state index is 0.0205. The van der Waals surface area contributed by atoms with Crippen LogP contribution >= 0.6 is 23.2 Å². The second-order valence-corrected chi connectivity index (χ2v) is 12.4. The summed E-state index contributed by atoms with van der Waals surface area (Å²) in [5.74, 6) is -0.587. The molecule has 1 heterocycles. The van der Waals surface area contributed by atoms with Gasteiger partial charge in [0.2, 0.25) is 5.96 Å². The number of carboxylic acid groups (broad SMARTS) is 1. The van der Waals surface area contributed by atoms with Crippen molar-refractivity contribution >= 4 is 50.9 Å². The molecule has 0 amide bonds. The van der Waals surface area contributed by atoms with Gasteiger partial charge in [0.05, 0.1) is 17.0 Å². The number of benzene rings is 4. The normalized spacial score (nSPS) is 16.9. The molecular weight excluding hydrogens is 627 g/mol. The smallest absolute Gasteiger partial charge is 0.335 e. The van der Waals surface area contributed by atoms with E-state index in [-0.39, 0.29) is 35.3 Å². The number of aliphatic imine (C=N–C) groups is 1. The van der Waals surface area contributed by atoms with E-state index in [4.69, 9.17) is 33.0 Å². The zero-order valence-corrected chi connectivity index (χ0v) is 25.5. The number of aromatic carboxylic acids is 1. The Hall–Kier alpha value is -4.42. The largest absolute Gasteiger partial charge is 0.489 e. The van der Waals surface area contributed by atoms with Crippen LogP contribution in [0.15, 0.2) is 112 Å². The van der Waals surface area contributed by atoms with Crippen molar-refractivity contribution in [3.05, 3.63) is 129 Å². The second-order valence-electron chi connectivity index (χ2n) is 9.80. The van der Waals surface area contributed by atoms with Gasteiger partial charge in [0.25, 0.3) is 10.0 Å². The van der Waals surface area contributed by atoms with Gasteiger partial charge in [0.1, 0.15) is 18.1 Å². The molecule has 1 atom stereocenters. The molecule has 1 aliphatic rings. The molecule has 1 unspecified atom stereocenters. The summed E-state index contributed by atoms with van der Waals surface area (Å²) in [5.41, 5.74) is 0.593. The van der Waals surface area contributed by atoms with Crippen molar-refractivity contribution in [3.8, 4) is 5.75 Å². The summed E-state index contributed by atoms with van der Waals surface area (Å²) in [7, 11) is -2.64. The first-order valence-electron chi connectivity index (χ1n) is 13.1. The van der Waals surface area contributed by atoms with Gasteiger partial charge in [-0.15, -0.1) is 0 Å². The number of aliphatic hydroxyl groups is 1. The quantitative estimate of drug-likeness (QED) is 0.177. The first-order valence-corrected chi connectivity index (χ1v) is 15.4. The number of β-amino-alcohol motifs (C(OH)–C–C–N with tert-alkyl or cyclic N) is 1. The fraction of sp³-hybridized carbons (Fsp3) is 0.129. The SMILES string of the molecule is CN=C(NS(=O)(=O)c1ccc(Cl)cc1)N1CC(O)(c2ccc(OCc3ccc(C(=O)O)cc3)cc2)C(c2ccc(Cl)cc2)=N1. The molecule has 0 aromatic heterocycles. The number of hydrogen-bond acceptors (Lipinski definition) is 7. The highest BCUT2D eigenvalue weighted by Crippen LogP contribution is 2.34. The number of sulfonamides is 1. The lowest BCUT2D eigenvalue weighted by Gasteiger charge is -2.26. The lowest BCUT2D eigenvalue weighted by atomic mass is 9.86. The average Bonchev–Trinajstić information content (AvgIpc) is 3.38. The van der Waals surface area contributed by atoms with Gasteiger partial charge >= 0.3 is 5.97 Å². The Labute approximate surface area is 263 Å². The molecule has 0 fully saturated rings. The van der Waals surface area contributed by atoms with E-state index in [9.17, 15) is 18.3 Å². The van der Waals surface area contributed by atoms with Crippen LogP contribution in [0.25, 0.3) is 0 Å². The van der Waals surface area contributed by atoms with Crippen molar-refractivity contribution in [1.29, 1.82) is 0 Å². The van der Waals surface area contributed by atoms with Crippen LogP contribution in [-0.4, -0.2) is 54.9 Å². The molecule has 4 aromatic carbocycles. The Bertz CT molecular complexity index is 1830. The van der Waals surface area contributed by atoms with Gasteiger partial charge < -0.3 is 14.9 Å². The molecule has 44 heavy (non-hydrogen) atoms. The highest BCUT2D eigenvalue weighted by Gasteiger charge is 2.45. The third-order valence-electron chi connectivity index (χ3n) is 6.85. The molecule has 10 nitrogen and oxygen atoms in total. The minimum Gasteiger partial charge on any atom is -0.489 e. The standard InChI is InChI=1S/C31H26Cl2N4O6S/c1-34-30(36-44(41,42)27-16-12-25(33)13-17-27)37-19-31(40,28(35-37)21-6-10-24(32)11-7-21)23-8-14-26(15-9-23)43-18-20-2-4-22(5-3-20)29(38)39/h2-17,40H,18-19H2,1H3,(H,34,36)(H,38,39). The molecule has 0 bridgehead atoms. The molecule has 5 rings (SSSR count). The topological polar surface area (TPSA) is 141 Å². The van der Waals surface area contributed by atoms with E-state index in [2.05, 4.69) is 14.8 Å². The Morgan fingerprint density at radius 1 is 0.955 bits per heavy atom. The molecule has 4 aromatic rings. The number of nitrogens with one attached hydrogen (secondary N) is 1. The average molecular weight is 654 g/mol. The van der Waals surface area contributed by atoms with Crippen LogP contribution in [0, 0.1) is 0 Å². The molecule has 0 aliphatic carbocycles. The lowest BCUT2D eigenvalue weighted by Crippen LogP contribution is -2.45. The van der Waals surface area contributed by atoms with Gasteiger partial charge in [0, 0.05) is 22.7 Å². The van der Waals surface area contributed by atoms with Gasteiger partial charge in [-0.3, -0.25) is 4.99 Å². The second kappa shape index (κ2) is 12.7. The molecule has 13 heteroatoms. The van der Waals surface area contributed by atoms with E-state index in [1.807, 2.05) is 0 Å². The summed E-state index contributed by atoms with van der Waals surface area (Å²) >= 11 is 12.0. The van der Waals surface area contributed by atoms with Gasteiger partial charge in [0.15, 0.2) is 5.60 Å². The predicted octanol–water partition coefficient (Wildman–Crippen LogP) is 5.14. The fourth-order valence-corrected chi connectivity index (χ4v) is 5.83. The monoisotopic (exact) mass is 652 g/mol. The van der Waals surface area contributed by atoms with Crippen LogP contribution in [-0.2, 0) is 22.2 Å². The van der Waals surface area contributed by atoms with Crippen molar-refractivity contribution in [3.63, 3.8) is 0 Å². The summed E-state index contributed by atoms with van der Waals surface area (Å²) < 4.78 is 34.5. The van der Waals surface area contributed by atoms with Crippen LogP contribution < -0.4 is 9.46 Å². The molecule has 1 aliphatic heterocycles. The number of ether oxygens (including phenoxy) is 1. The number of carboxylic acids is 1. The van der Waals surface area contributed by atoms with Crippen molar-refractivity contribution in [1.82, 2.24) is 9.73 Å². The summed E-state index contributed by atoms with van der Waals surface area (Å²) in [6, 6.07) is 25.6. The Morgan fingerprint density at radius 3 is 2.11 bits per heavy atom. The Balaban J connectivity index is 1.40. The minimum atomic E-state index is -4.05. The first kappa shape index (κ1) is 31.0. The van der Waals surface area contributed by atoms with E-state index in [0.717, 1.165) is 5.56 Å². The third-order valence-corrected chi connectivity index (χ3v) is 8.70. The van der Waals surface area contributed by atoms with Crippen molar-refractivity contribution in [2.75, 3.05) is 13.6 Å². The number of halogens is 2. The van der Waals surface area contributed by atoms with E-state index < -0.39 is 21.6 Å². The van der Waals surface area contributed by atoms with E-state index in [0.29, 0.717) is 26.9 Å². The Morgan fingerprint density at radius 2 is 1.55 bits per heavy atom. The van der Waals surface area contributed by atoms with Crippen LogP contribution in [0.1, 0.15) is 27.0 Å². The number of hydrogen-bond donors (Lipinski definition) is 3. The molecular formula is C31H26Cl2N4O6S. The van der Waals surface area contributed by atoms with Gasteiger partial charge in [-0.1, -0.05) is 59.6 Å². The highest BCUT2D eigenvalue weighted by molar-refractivity contribution is 7.90. The summed E-state index contributed by atoms with van der Waals surface area (Å²) in [5, 5.41) is 28.0. The van der Waals surface area contributed by atoms with E-state index in [1.54, 1.807) is 60.7 Å². The van der Waals surface area contributed by atoms with Crippen LogP contribution in [0.2, 0.25) is 10.0 Å². The van der Waals surface area contributed by atoms with Crippen molar-refractivity contribution < 1.29 is 28.2 Å². The lowest BCUT2D eigenvalue weighted by molar-refractivity contribution is 0.0696. The van der Waals surface area contributed by atoms with Crippen LogP contribution in [0.5, 0.6) is 5.75 Å². The first-order chi connectivity index (χ1) is 21.0. The predicted molar refractivity (Wildman–Crippen MR) is 168 cm³/mol. The summed E-state index contributed by atoms with van der Waals surface area (Å²) in [6.07, 6.45) is 0. The van der Waals surface area contributed by atoms with Crippen molar-refractivity contribution in [2.45, 2.75) is 17.1 Å². The molecule has 3 N–H and O–H groups in total. The molecule has 226 valence electrons. The molecule has 0 spiro atoms. The van der Waals surface area contributed by atoms with Crippen LogP contribution in [0.3, 0.4) is 0 Å². The number of rotatable bonds is 8. The van der Waals surface area contributed by atoms with Crippen molar-refractivity contribution in [2.24, 2.45) is 10.1 Å². The number of hydrazone groups is 1. The maximum Gasteiger partial charge on any atom is 0.335 e. The van der Waals surface area contributed by atoms with Gasteiger partial charge in [-0.25, -0.2) is 22.9 Å². The maximum absolute atomic E-state index is 13.1. The van der Waals surface area contributed by atoms with E-state index in [1.165, 1.54) is 48.5 Å². The molecule has 0 radical (unpaired) electrons. The van der Waals surface area contributed by atoms with Gasteiger partial charge in [-0.05, 0) is 71.8 Å². The number of nitrogens with zero attached hydrogens (tertiary/aromatic N) is 3. The summed E-state index contributed by atoms with van der Waals surface area (Å²) in [4.78, 5) is 15.2. The van der Waals surface area contributed by atoms with E-state index >= 15 is 0 Å². The zero-order valence-electron chi connectivity index (χ0n) is 23.2. The summed E-state index contributed by atoms with van der Waals surface area (Å²) in [6.45, 7) is 0.0514. The molecule has 0 saturated carbocycles. The maximum atomic E-state index is 13.1. The van der Waals surface area contributed by atoms with Gasteiger partial charge in [-0.2, -0.15) is 5.10 Å². The highest BCUT2D eigenvalue weighted by atomic mass is 35.5. The Kier molecular flexibility index (Phi) is 8.93. The van der Waals surface area contributed by atoms with Crippen LogP contribution in [0.4, 0.5) is 0 Å². The number of guanidine groups is 1.